The Kier molecular flexibility index (Phi) is 3.94. The van der Waals surface area contributed by atoms with Crippen molar-refractivity contribution in [1.82, 2.24) is 9.97 Å². The van der Waals surface area contributed by atoms with Crippen LogP contribution >= 0.6 is 23.2 Å². The van der Waals surface area contributed by atoms with Gasteiger partial charge in [0.2, 0.25) is 5.88 Å². The van der Waals surface area contributed by atoms with E-state index in [1.807, 2.05) is 4.98 Å². The SMILES string of the molecule is O=c1[nH]c(O)c(/C=C2\C=CC(c3ccc(Cl)cc3Cl)=N2)c(=O)[nH]1. The summed E-state index contributed by atoms with van der Waals surface area (Å²) in [7, 11) is 0. The Morgan fingerprint density at radius 1 is 1.13 bits per heavy atom. The molecule has 1 aliphatic rings. The molecule has 0 aliphatic carbocycles. The molecule has 3 rings (SSSR count). The first kappa shape index (κ1) is 15.3. The molecule has 6 nitrogen and oxygen atoms in total. The van der Waals surface area contributed by atoms with Crippen LogP contribution in [0.2, 0.25) is 10.0 Å². The van der Waals surface area contributed by atoms with Crippen LogP contribution in [0.3, 0.4) is 0 Å². The minimum absolute atomic E-state index is 0.0866. The highest BCUT2D eigenvalue weighted by molar-refractivity contribution is 6.37. The Morgan fingerprint density at radius 2 is 1.91 bits per heavy atom. The molecule has 0 bridgehead atoms. The normalized spacial score (nSPS) is 15.2. The van der Waals surface area contributed by atoms with Crippen molar-refractivity contribution < 1.29 is 5.11 Å². The number of nitrogens with zero attached hydrogens (tertiary/aromatic N) is 1. The lowest BCUT2D eigenvalue weighted by molar-refractivity contribution is 0.447. The number of aromatic nitrogens is 2. The topological polar surface area (TPSA) is 98.3 Å². The van der Waals surface area contributed by atoms with Crippen molar-refractivity contribution >= 4 is 35.0 Å². The molecule has 0 radical (unpaired) electrons. The molecule has 2 heterocycles. The molecular formula is C15H9Cl2N3O3. The van der Waals surface area contributed by atoms with E-state index in [1.165, 1.54) is 6.08 Å². The molecule has 0 amide bonds. The Morgan fingerprint density at radius 3 is 2.61 bits per heavy atom. The molecule has 1 aliphatic heterocycles. The van der Waals surface area contributed by atoms with Crippen LogP contribution in [0.15, 0.2) is 50.6 Å². The van der Waals surface area contributed by atoms with E-state index in [1.54, 1.807) is 30.4 Å². The van der Waals surface area contributed by atoms with Gasteiger partial charge in [-0.05, 0) is 36.4 Å². The van der Waals surface area contributed by atoms with Gasteiger partial charge in [-0.3, -0.25) is 14.8 Å². The number of rotatable bonds is 2. The molecule has 23 heavy (non-hydrogen) atoms. The molecule has 0 spiro atoms. The lowest BCUT2D eigenvalue weighted by atomic mass is 10.1. The molecule has 0 unspecified atom stereocenters. The van der Waals surface area contributed by atoms with Crippen LogP contribution in [0, 0.1) is 0 Å². The van der Waals surface area contributed by atoms with E-state index in [2.05, 4.69) is 9.98 Å². The van der Waals surface area contributed by atoms with E-state index in [-0.39, 0.29) is 5.56 Å². The van der Waals surface area contributed by atoms with Crippen LogP contribution in [-0.4, -0.2) is 20.8 Å². The average molecular weight is 350 g/mol. The van der Waals surface area contributed by atoms with Gasteiger partial charge in [0.1, 0.15) is 5.56 Å². The molecule has 1 aromatic carbocycles. The quantitative estimate of drug-likeness (QED) is 0.776. The predicted octanol–water partition coefficient (Wildman–Crippen LogP) is 2.48. The van der Waals surface area contributed by atoms with Crippen molar-refractivity contribution in [2.24, 2.45) is 4.99 Å². The zero-order valence-electron chi connectivity index (χ0n) is 11.4. The number of benzene rings is 1. The second-order valence-corrected chi connectivity index (χ2v) is 5.54. The highest BCUT2D eigenvalue weighted by Crippen LogP contribution is 2.25. The fourth-order valence-corrected chi connectivity index (χ4v) is 2.58. The van der Waals surface area contributed by atoms with Gasteiger partial charge in [-0.15, -0.1) is 0 Å². The van der Waals surface area contributed by atoms with E-state index >= 15 is 0 Å². The minimum atomic E-state index is -0.784. The first-order valence-corrected chi connectivity index (χ1v) is 7.19. The molecule has 0 saturated heterocycles. The summed E-state index contributed by atoms with van der Waals surface area (Å²) in [5, 5.41) is 10.6. The third-order valence-electron chi connectivity index (χ3n) is 3.12. The molecule has 3 N–H and O–H groups in total. The van der Waals surface area contributed by atoms with Crippen LogP contribution in [0.25, 0.3) is 6.08 Å². The van der Waals surface area contributed by atoms with Gasteiger partial charge in [0.25, 0.3) is 5.56 Å². The van der Waals surface area contributed by atoms with E-state index in [0.29, 0.717) is 27.0 Å². The van der Waals surface area contributed by atoms with E-state index in [0.717, 1.165) is 0 Å². The highest BCUT2D eigenvalue weighted by Gasteiger charge is 2.13. The maximum Gasteiger partial charge on any atom is 0.328 e. The van der Waals surface area contributed by atoms with Gasteiger partial charge in [0, 0.05) is 10.6 Å². The van der Waals surface area contributed by atoms with Crippen LogP contribution in [0.4, 0.5) is 0 Å². The summed E-state index contributed by atoms with van der Waals surface area (Å²) >= 11 is 12.0. The molecule has 1 aromatic heterocycles. The number of halogens is 2. The third-order valence-corrected chi connectivity index (χ3v) is 3.67. The summed E-state index contributed by atoms with van der Waals surface area (Å²) in [5.41, 5.74) is 0.137. The molecule has 116 valence electrons. The zero-order valence-corrected chi connectivity index (χ0v) is 12.9. The minimum Gasteiger partial charge on any atom is -0.494 e. The van der Waals surface area contributed by atoms with Gasteiger partial charge >= 0.3 is 5.69 Å². The van der Waals surface area contributed by atoms with Crippen LogP contribution < -0.4 is 11.2 Å². The highest BCUT2D eigenvalue weighted by atomic mass is 35.5. The number of aromatic hydroxyl groups is 1. The van der Waals surface area contributed by atoms with Gasteiger partial charge in [-0.1, -0.05) is 23.2 Å². The van der Waals surface area contributed by atoms with Gasteiger partial charge in [0.15, 0.2) is 0 Å². The number of hydrogen-bond acceptors (Lipinski definition) is 4. The van der Waals surface area contributed by atoms with E-state index < -0.39 is 17.1 Å². The third kappa shape index (κ3) is 3.13. The summed E-state index contributed by atoms with van der Waals surface area (Å²) < 4.78 is 0. The lowest BCUT2D eigenvalue weighted by Gasteiger charge is -2.02. The van der Waals surface area contributed by atoms with Crippen LogP contribution in [0.1, 0.15) is 11.1 Å². The summed E-state index contributed by atoms with van der Waals surface area (Å²) in [5.74, 6) is -0.521. The predicted molar refractivity (Wildman–Crippen MR) is 89.5 cm³/mol. The summed E-state index contributed by atoms with van der Waals surface area (Å²) in [6, 6.07) is 5.04. The molecule has 0 fully saturated rings. The molecule has 0 atom stereocenters. The fourth-order valence-electron chi connectivity index (χ4n) is 2.07. The van der Waals surface area contributed by atoms with Crippen molar-refractivity contribution in [3.63, 3.8) is 0 Å². The largest absolute Gasteiger partial charge is 0.494 e. The number of nitrogens with one attached hydrogen (secondary N) is 2. The Labute approximate surface area is 139 Å². The van der Waals surface area contributed by atoms with Crippen molar-refractivity contribution in [2.75, 3.05) is 0 Å². The number of hydrogen-bond donors (Lipinski definition) is 3. The number of aliphatic imine (C=N–C) groups is 1. The van der Waals surface area contributed by atoms with Gasteiger partial charge < -0.3 is 5.11 Å². The number of allylic oxidation sites excluding steroid dienone is 2. The Bertz CT molecular complexity index is 1000. The van der Waals surface area contributed by atoms with E-state index in [4.69, 9.17) is 23.2 Å². The smallest absolute Gasteiger partial charge is 0.328 e. The van der Waals surface area contributed by atoms with Crippen molar-refractivity contribution in [2.45, 2.75) is 0 Å². The van der Waals surface area contributed by atoms with E-state index in [9.17, 15) is 14.7 Å². The first-order valence-electron chi connectivity index (χ1n) is 6.43. The van der Waals surface area contributed by atoms with Crippen molar-refractivity contribution in [3.05, 3.63) is 78.1 Å². The van der Waals surface area contributed by atoms with Crippen LogP contribution in [-0.2, 0) is 0 Å². The van der Waals surface area contributed by atoms with Crippen molar-refractivity contribution in [1.29, 1.82) is 0 Å². The molecule has 0 saturated carbocycles. The monoisotopic (exact) mass is 349 g/mol. The standard InChI is InChI=1S/C15H9Cl2N3O3/c16-7-1-3-9(11(17)5-7)12-4-2-8(18-12)6-10-13(21)19-15(23)20-14(10)22/h1-6H,(H3,19,20,21,22,23)/b8-6+. The van der Waals surface area contributed by atoms with Gasteiger partial charge in [-0.2, -0.15) is 0 Å². The number of H-pyrrole nitrogens is 2. The second-order valence-electron chi connectivity index (χ2n) is 4.69. The lowest BCUT2D eigenvalue weighted by Crippen LogP contribution is -2.23. The number of aromatic amines is 2. The summed E-state index contributed by atoms with van der Waals surface area (Å²) in [6.45, 7) is 0. The molecule has 8 heteroatoms. The molecular weight excluding hydrogens is 341 g/mol. The summed E-state index contributed by atoms with van der Waals surface area (Å²) in [6.07, 6.45) is 4.74. The molecule has 2 aromatic rings. The van der Waals surface area contributed by atoms with Gasteiger partial charge in [0.05, 0.1) is 16.4 Å². The van der Waals surface area contributed by atoms with Crippen molar-refractivity contribution in [3.8, 4) is 5.88 Å². The van der Waals surface area contributed by atoms with Crippen LogP contribution in [0.5, 0.6) is 5.88 Å². The second kappa shape index (κ2) is 5.91. The zero-order chi connectivity index (χ0) is 16.6. The Balaban J connectivity index is 2.02. The first-order chi connectivity index (χ1) is 10.9. The Hall–Kier alpha value is -2.57. The average Bonchev–Trinajstić information content (AvgIpc) is 2.91. The fraction of sp³-hybridized carbons (Fsp3) is 0. The maximum atomic E-state index is 11.7. The maximum absolute atomic E-state index is 11.7. The van der Waals surface area contributed by atoms with Gasteiger partial charge in [-0.25, -0.2) is 9.79 Å². The summed E-state index contributed by atoms with van der Waals surface area (Å²) in [4.78, 5) is 31.2.